The number of esters is 1. The van der Waals surface area contributed by atoms with Crippen LogP contribution >= 0.6 is 0 Å². The van der Waals surface area contributed by atoms with Gasteiger partial charge in [0.1, 0.15) is 11.4 Å². The van der Waals surface area contributed by atoms with Gasteiger partial charge in [0.25, 0.3) is 0 Å². The van der Waals surface area contributed by atoms with Crippen molar-refractivity contribution < 1.29 is 19.4 Å². The summed E-state index contributed by atoms with van der Waals surface area (Å²) in [7, 11) is 0. The average molecular weight is 254 g/mol. The van der Waals surface area contributed by atoms with Crippen LogP contribution in [0.25, 0.3) is 0 Å². The molecule has 0 aromatic carbocycles. The second-order valence-electron chi connectivity index (χ2n) is 6.80. The predicted molar refractivity (Wildman–Crippen MR) is 65.9 cm³/mol. The van der Waals surface area contributed by atoms with E-state index in [-0.39, 0.29) is 11.8 Å². The smallest absolute Gasteiger partial charge is 0.312 e. The van der Waals surface area contributed by atoms with Gasteiger partial charge in [-0.15, -0.1) is 0 Å². The molecule has 0 unspecified atom stereocenters. The summed E-state index contributed by atoms with van der Waals surface area (Å²) in [6.07, 6.45) is 1.86. The Morgan fingerprint density at radius 3 is 2.56 bits per heavy atom. The topological polar surface area (TPSA) is 63.6 Å². The molecule has 2 aliphatic carbocycles. The summed E-state index contributed by atoms with van der Waals surface area (Å²) in [5, 5.41) is 10.8. The Morgan fingerprint density at radius 2 is 2.00 bits per heavy atom. The third-order valence-corrected chi connectivity index (χ3v) is 4.50. The molecule has 0 aromatic heterocycles. The number of rotatable bonds is 1. The van der Waals surface area contributed by atoms with E-state index in [0.717, 1.165) is 0 Å². The fourth-order valence-electron chi connectivity index (χ4n) is 3.37. The van der Waals surface area contributed by atoms with Crippen LogP contribution in [0.1, 0.15) is 53.4 Å². The highest BCUT2D eigenvalue weighted by molar-refractivity contribution is 5.91. The number of carbonyl (C=O) groups is 2. The van der Waals surface area contributed by atoms with Crippen LogP contribution in [0.2, 0.25) is 0 Å². The van der Waals surface area contributed by atoms with E-state index in [1.54, 1.807) is 6.92 Å². The highest BCUT2D eigenvalue weighted by Crippen LogP contribution is 2.57. The van der Waals surface area contributed by atoms with Crippen LogP contribution in [0, 0.1) is 11.3 Å². The third-order valence-electron chi connectivity index (χ3n) is 4.50. The molecule has 0 radical (unpaired) electrons. The maximum atomic E-state index is 12.2. The summed E-state index contributed by atoms with van der Waals surface area (Å²) in [4.78, 5) is 24.1. The van der Waals surface area contributed by atoms with Gasteiger partial charge >= 0.3 is 5.97 Å². The number of carbonyl (C=O) groups excluding carboxylic acids is 2. The molecule has 0 saturated heterocycles. The van der Waals surface area contributed by atoms with Crippen LogP contribution in [-0.4, -0.2) is 28.1 Å². The SMILES string of the molecule is CC(C)(C)OC(=O)[C@H]1CC[C@@]2(C)C(=O)CC[C@@]12O. The number of fused-ring (bicyclic) bond motifs is 1. The minimum atomic E-state index is -1.20. The molecule has 4 nitrogen and oxygen atoms in total. The normalized spacial score (nSPS) is 39.8. The zero-order valence-corrected chi connectivity index (χ0v) is 11.6. The molecule has 2 rings (SSSR count). The number of ether oxygens (including phenoxy) is 1. The van der Waals surface area contributed by atoms with Crippen LogP contribution < -0.4 is 0 Å². The molecule has 2 aliphatic rings. The van der Waals surface area contributed by atoms with Gasteiger partial charge in [0, 0.05) is 6.42 Å². The zero-order valence-electron chi connectivity index (χ0n) is 11.6. The van der Waals surface area contributed by atoms with Crippen LogP contribution in [0.5, 0.6) is 0 Å². The molecular weight excluding hydrogens is 232 g/mol. The first-order chi connectivity index (χ1) is 8.10. The van der Waals surface area contributed by atoms with Crippen LogP contribution in [0.3, 0.4) is 0 Å². The van der Waals surface area contributed by atoms with Crippen molar-refractivity contribution in [3.8, 4) is 0 Å². The van der Waals surface area contributed by atoms with Crippen molar-refractivity contribution in [2.45, 2.75) is 64.6 Å². The van der Waals surface area contributed by atoms with Gasteiger partial charge in [-0.2, -0.15) is 0 Å². The molecule has 2 fully saturated rings. The Labute approximate surface area is 108 Å². The van der Waals surface area contributed by atoms with Gasteiger partial charge < -0.3 is 9.84 Å². The molecule has 2 saturated carbocycles. The Kier molecular flexibility index (Phi) is 2.85. The Balaban J connectivity index is 2.23. The van der Waals surface area contributed by atoms with Crippen molar-refractivity contribution in [2.75, 3.05) is 0 Å². The number of aliphatic hydroxyl groups is 1. The van der Waals surface area contributed by atoms with Gasteiger partial charge in [0.05, 0.1) is 16.9 Å². The first-order valence-electron chi connectivity index (χ1n) is 6.59. The first kappa shape index (κ1) is 13.5. The van der Waals surface area contributed by atoms with E-state index in [1.165, 1.54) is 0 Å². The highest BCUT2D eigenvalue weighted by atomic mass is 16.6. The van der Waals surface area contributed by atoms with E-state index in [2.05, 4.69) is 0 Å². The summed E-state index contributed by atoms with van der Waals surface area (Å²) in [6, 6.07) is 0. The van der Waals surface area contributed by atoms with Crippen molar-refractivity contribution >= 4 is 11.8 Å². The summed E-state index contributed by atoms with van der Waals surface area (Å²) in [5.74, 6) is -0.854. The van der Waals surface area contributed by atoms with Crippen molar-refractivity contribution in [1.82, 2.24) is 0 Å². The summed E-state index contributed by atoms with van der Waals surface area (Å²) < 4.78 is 5.37. The first-order valence-corrected chi connectivity index (χ1v) is 6.59. The van der Waals surface area contributed by atoms with Crippen LogP contribution in [0.15, 0.2) is 0 Å². The molecule has 0 bridgehead atoms. The fourth-order valence-corrected chi connectivity index (χ4v) is 3.37. The van der Waals surface area contributed by atoms with Crippen LogP contribution in [0.4, 0.5) is 0 Å². The molecule has 1 N–H and O–H groups in total. The maximum absolute atomic E-state index is 12.2. The lowest BCUT2D eigenvalue weighted by Crippen LogP contribution is -2.48. The minimum absolute atomic E-state index is 0.0797. The number of ketones is 1. The van der Waals surface area contributed by atoms with E-state index in [0.29, 0.717) is 25.7 Å². The van der Waals surface area contributed by atoms with Crippen molar-refractivity contribution in [3.63, 3.8) is 0 Å². The maximum Gasteiger partial charge on any atom is 0.312 e. The quantitative estimate of drug-likeness (QED) is 0.725. The van der Waals surface area contributed by atoms with Gasteiger partial charge in [0.2, 0.25) is 0 Å². The zero-order chi connectivity index (χ0) is 13.8. The standard InChI is InChI=1S/C14H22O4/c1-12(2,3)18-11(16)9-5-7-13(4)10(15)6-8-14(9,13)17/h9,17H,5-8H2,1-4H3/t9-,13+,14-/m1/s1. The van der Waals surface area contributed by atoms with Gasteiger partial charge in [0.15, 0.2) is 0 Å². The highest BCUT2D eigenvalue weighted by Gasteiger charge is 2.66. The van der Waals surface area contributed by atoms with Crippen molar-refractivity contribution in [2.24, 2.45) is 11.3 Å². The summed E-state index contributed by atoms with van der Waals surface area (Å²) >= 11 is 0. The lowest BCUT2D eigenvalue weighted by atomic mass is 9.75. The second-order valence-corrected chi connectivity index (χ2v) is 6.80. The lowest BCUT2D eigenvalue weighted by Gasteiger charge is -2.35. The second kappa shape index (κ2) is 3.80. The lowest BCUT2D eigenvalue weighted by molar-refractivity contribution is -0.171. The third kappa shape index (κ3) is 1.78. The van der Waals surface area contributed by atoms with Crippen LogP contribution in [-0.2, 0) is 14.3 Å². The molecule has 18 heavy (non-hydrogen) atoms. The van der Waals surface area contributed by atoms with Crippen molar-refractivity contribution in [3.05, 3.63) is 0 Å². The molecule has 0 heterocycles. The monoisotopic (exact) mass is 254 g/mol. The average Bonchev–Trinajstić information content (AvgIpc) is 2.58. The Morgan fingerprint density at radius 1 is 1.39 bits per heavy atom. The van der Waals surface area contributed by atoms with E-state index in [9.17, 15) is 14.7 Å². The molecule has 0 spiro atoms. The van der Waals surface area contributed by atoms with E-state index in [4.69, 9.17) is 4.74 Å². The molecule has 3 atom stereocenters. The number of hydrogen-bond donors (Lipinski definition) is 1. The fraction of sp³-hybridized carbons (Fsp3) is 0.857. The summed E-state index contributed by atoms with van der Waals surface area (Å²) in [5.41, 5.74) is -2.52. The van der Waals surface area contributed by atoms with Gasteiger partial charge in [-0.1, -0.05) is 0 Å². The summed E-state index contributed by atoms with van der Waals surface area (Å²) in [6.45, 7) is 7.21. The number of hydrogen-bond acceptors (Lipinski definition) is 4. The molecule has 0 amide bonds. The van der Waals surface area contributed by atoms with E-state index in [1.807, 2.05) is 20.8 Å². The minimum Gasteiger partial charge on any atom is -0.460 e. The van der Waals surface area contributed by atoms with Gasteiger partial charge in [-0.3, -0.25) is 9.59 Å². The molecule has 0 aliphatic heterocycles. The van der Waals surface area contributed by atoms with Gasteiger partial charge in [-0.25, -0.2) is 0 Å². The largest absolute Gasteiger partial charge is 0.460 e. The Bertz CT molecular complexity index is 395. The molecule has 102 valence electrons. The number of Topliss-reactive ketones (excluding diaryl/α,β-unsaturated/α-hetero) is 1. The van der Waals surface area contributed by atoms with Gasteiger partial charge in [-0.05, 0) is 47.0 Å². The Hall–Kier alpha value is -0.900. The predicted octanol–water partition coefficient (Wildman–Crippen LogP) is 1.84. The van der Waals surface area contributed by atoms with Crippen molar-refractivity contribution in [1.29, 1.82) is 0 Å². The van der Waals surface area contributed by atoms with E-state index < -0.39 is 22.5 Å². The molecule has 4 heteroatoms. The molecular formula is C14H22O4. The van der Waals surface area contributed by atoms with E-state index >= 15 is 0 Å². The molecule has 0 aromatic rings.